The highest BCUT2D eigenvalue weighted by Crippen LogP contribution is 2.68. The minimum absolute atomic E-state index is 0.00595. The smallest absolute Gasteiger partial charge is 0.305 e. The van der Waals surface area contributed by atoms with E-state index >= 15 is 0 Å². The first kappa shape index (κ1) is 35.9. The summed E-state index contributed by atoms with van der Waals surface area (Å²) in [4.78, 5) is 26.3. The van der Waals surface area contributed by atoms with Gasteiger partial charge in [0.25, 0.3) is 0 Å². The van der Waals surface area contributed by atoms with Crippen LogP contribution in [-0.2, 0) is 19.1 Å². The average molecular weight is 656 g/mol. The van der Waals surface area contributed by atoms with Crippen molar-refractivity contribution in [2.45, 2.75) is 134 Å². The number of aliphatic hydroxyl groups is 6. The molecule has 4 saturated carbocycles. The number of fused-ring (bicyclic) bond motifs is 5. The number of hydrogen-bond donors (Lipinski definition) is 7. The fraction of sp³-hybridized carbons (Fsp3) is 0.941. The van der Waals surface area contributed by atoms with Crippen LogP contribution >= 0.6 is 0 Å². The van der Waals surface area contributed by atoms with Gasteiger partial charge in [-0.15, -0.1) is 0 Å². The third-order valence-corrected chi connectivity index (χ3v) is 13.6. The van der Waals surface area contributed by atoms with E-state index in [1.54, 1.807) is 0 Å². The average Bonchev–Trinajstić information content (AvgIpc) is 3.37. The normalized spacial score (nSPS) is 47.7. The van der Waals surface area contributed by atoms with Crippen LogP contribution in [0, 0.1) is 46.3 Å². The highest BCUT2D eigenvalue weighted by molar-refractivity contribution is 5.77. The van der Waals surface area contributed by atoms with Gasteiger partial charge in [-0.05, 0) is 97.7 Å². The van der Waals surface area contributed by atoms with Crippen LogP contribution in [0.15, 0.2) is 0 Å². The number of nitrogens with zero attached hydrogens (tertiary/aromatic N) is 1. The van der Waals surface area contributed by atoms with Crippen LogP contribution in [-0.4, -0.2) is 122 Å². The van der Waals surface area contributed by atoms with Crippen LogP contribution in [0.4, 0.5) is 0 Å². The molecule has 0 aromatic rings. The molecule has 12 heteroatoms. The largest absolute Gasteiger partial charge is 0.481 e. The molecule has 4 aliphatic carbocycles. The maximum atomic E-state index is 13.6. The van der Waals surface area contributed by atoms with E-state index in [1.807, 2.05) is 0 Å². The number of amides is 1. The zero-order valence-corrected chi connectivity index (χ0v) is 27.8. The third kappa shape index (κ3) is 6.37. The maximum Gasteiger partial charge on any atom is 0.305 e. The SMILES string of the molecule is CO[C@H]1O[C@H](CN(CCC(=O)O)C(=O)CC[C@@H](C)[C@H]2CC[C@H]3[C@@H]4[C@H](O)C[C@@H]5C[C@H](O)CC[C@]5(C)[C@H]4C[C@H](O)[C@]23C)[C@@H](O)[C@H](O)[C@@H]1O. The number of aliphatic carboxylic acids is 1. The molecule has 1 aliphatic heterocycles. The number of carboxylic acid groups (broad SMARTS) is 1. The molecule has 0 unspecified atom stereocenters. The number of carboxylic acids is 1. The van der Waals surface area contributed by atoms with Crippen LogP contribution in [0.2, 0.25) is 0 Å². The van der Waals surface area contributed by atoms with Gasteiger partial charge in [-0.2, -0.15) is 0 Å². The fourth-order valence-corrected chi connectivity index (χ4v) is 10.9. The molecule has 1 heterocycles. The topological polar surface area (TPSA) is 197 Å². The van der Waals surface area contributed by atoms with Gasteiger partial charge >= 0.3 is 5.97 Å². The van der Waals surface area contributed by atoms with Crippen molar-refractivity contribution in [2.75, 3.05) is 20.2 Å². The third-order valence-electron chi connectivity index (χ3n) is 13.6. The molecule has 12 nitrogen and oxygen atoms in total. The molecule has 0 aromatic carbocycles. The van der Waals surface area contributed by atoms with E-state index in [2.05, 4.69) is 20.8 Å². The van der Waals surface area contributed by atoms with Gasteiger partial charge in [0.1, 0.15) is 24.4 Å². The van der Waals surface area contributed by atoms with Crippen molar-refractivity contribution in [3.63, 3.8) is 0 Å². The molecular formula is C34H57NO11. The summed E-state index contributed by atoms with van der Waals surface area (Å²) >= 11 is 0. The van der Waals surface area contributed by atoms with Gasteiger partial charge < -0.3 is 50.1 Å². The maximum absolute atomic E-state index is 13.6. The van der Waals surface area contributed by atoms with Gasteiger partial charge in [0.2, 0.25) is 5.91 Å². The monoisotopic (exact) mass is 655 g/mol. The Balaban J connectivity index is 1.26. The van der Waals surface area contributed by atoms with Crippen molar-refractivity contribution in [1.82, 2.24) is 4.90 Å². The second-order valence-corrected chi connectivity index (χ2v) is 15.8. The molecule has 0 spiro atoms. The zero-order valence-electron chi connectivity index (χ0n) is 27.8. The van der Waals surface area contributed by atoms with Crippen molar-refractivity contribution < 1.29 is 54.8 Å². The molecule has 16 atom stereocenters. The van der Waals surface area contributed by atoms with E-state index in [9.17, 15) is 45.3 Å². The molecule has 7 N–H and O–H groups in total. The lowest BCUT2D eigenvalue weighted by atomic mass is 9.43. The zero-order chi connectivity index (χ0) is 33.7. The standard InChI is InChI=1S/C34H57NO11/c1-17(5-8-26(39)35(12-10-27(40)41)16-24-29(42)30(43)31(44)32(45-4)46-24)20-6-7-21-28-22(15-25(38)34(20,21)3)33(2)11-9-19(36)13-18(33)14-23(28)37/h17-25,28-32,36-38,42-44H,5-16H2,1-4H3,(H,40,41)/t17-,18+,19-,20-,21+,22+,23-,24-,25+,28+,29-,30+,31+,32+,33+,34-/m1/s1. The van der Waals surface area contributed by atoms with Crippen LogP contribution in [0.5, 0.6) is 0 Å². The first-order chi connectivity index (χ1) is 21.6. The Morgan fingerprint density at radius 2 is 1.65 bits per heavy atom. The minimum atomic E-state index is -1.56. The summed E-state index contributed by atoms with van der Waals surface area (Å²) in [6, 6.07) is 0. The molecule has 0 bridgehead atoms. The molecule has 1 amide bonds. The number of ether oxygens (including phenoxy) is 2. The molecule has 264 valence electrons. The van der Waals surface area contributed by atoms with E-state index in [-0.39, 0.29) is 78.9 Å². The molecule has 5 rings (SSSR count). The number of carbonyl (C=O) groups is 2. The molecule has 1 saturated heterocycles. The lowest BCUT2D eigenvalue weighted by Gasteiger charge is -2.63. The summed E-state index contributed by atoms with van der Waals surface area (Å²) < 4.78 is 10.7. The van der Waals surface area contributed by atoms with Gasteiger partial charge in [0.05, 0.1) is 24.7 Å². The highest BCUT2D eigenvalue weighted by atomic mass is 16.7. The molecule has 5 fully saturated rings. The highest BCUT2D eigenvalue weighted by Gasteiger charge is 2.65. The molecule has 5 aliphatic rings. The lowest BCUT2D eigenvalue weighted by molar-refractivity contribution is -0.291. The molecule has 0 aromatic heterocycles. The van der Waals surface area contributed by atoms with Crippen molar-refractivity contribution in [1.29, 1.82) is 0 Å². The molecule has 46 heavy (non-hydrogen) atoms. The summed E-state index contributed by atoms with van der Waals surface area (Å²) in [6.07, 6.45) is -2.27. The second kappa shape index (κ2) is 13.9. The summed E-state index contributed by atoms with van der Waals surface area (Å²) in [7, 11) is 1.29. The number of methoxy groups -OCH3 is 1. The Kier molecular flexibility index (Phi) is 10.8. The van der Waals surface area contributed by atoms with E-state index in [4.69, 9.17) is 9.47 Å². The van der Waals surface area contributed by atoms with E-state index < -0.39 is 54.3 Å². The van der Waals surface area contributed by atoms with Gasteiger partial charge in [0.15, 0.2) is 6.29 Å². The number of rotatable bonds is 10. The Hall–Kier alpha value is -1.38. The number of carbonyl (C=O) groups excluding carboxylic acids is 1. The van der Waals surface area contributed by atoms with Gasteiger partial charge in [-0.25, -0.2) is 0 Å². The summed E-state index contributed by atoms with van der Waals surface area (Å²) in [5.41, 5.74) is -0.412. The predicted octanol–water partition coefficient (Wildman–Crippen LogP) is 1.12. The lowest BCUT2D eigenvalue weighted by Crippen LogP contribution is -2.62. The fourth-order valence-electron chi connectivity index (χ4n) is 10.9. The summed E-state index contributed by atoms with van der Waals surface area (Å²) in [6.45, 7) is 6.32. The van der Waals surface area contributed by atoms with Crippen molar-refractivity contribution in [3.8, 4) is 0 Å². The van der Waals surface area contributed by atoms with Gasteiger partial charge in [-0.1, -0.05) is 20.8 Å². The van der Waals surface area contributed by atoms with Crippen molar-refractivity contribution in [2.24, 2.45) is 46.3 Å². The summed E-state index contributed by atoms with van der Waals surface area (Å²) in [5, 5.41) is 74.0. The summed E-state index contributed by atoms with van der Waals surface area (Å²) in [5.74, 6) is -0.444. The predicted molar refractivity (Wildman–Crippen MR) is 165 cm³/mol. The first-order valence-corrected chi connectivity index (χ1v) is 17.4. The van der Waals surface area contributed by atoms with Crippen LogP contribution in [0.1, 0.15) is 85.0 Å². The Bertz CT molecular complexity index is 1090. The van der Waals surface area contributed by atoms with Gasteiger partial charge in [0, 0.05) is 26.6 Å². The van der Waals surface area contributed by atoms with Crippen molar-refractivity contribution in [3.05, 3.63) is 0 Å². The Morgan fingerprint density at radius 3 is 2.33 bits per heavy atom. The number of hydrogen-bond acceptors (Lipinski definition) is 10. The first-order valence-electron chi connectivity index (χ1n) is 17.4. The van der Waals surface area contributed by atoms with E-state index in [0.717, 1.165) is 25.7 Å². The minimum Gasteiger partial charge on any atom is -0.481 e. The van der Waals surface area contributed by atoms with E-state index in [1.165, 1.54) is 12.0 Å². The molecule has 0 radical (unpaired) electrons. The van der Waals surface area contributed by atoms with Crippen molar-refractivity contribution >= 4 is 11.9 Å². The van der Waals surface area contributed by atoms with E-state index in [0.29, 0.717) is 25.7 Å². The quantitative estimate of drug-likeness (QED) is 0.178. The van der Waals surface area contributed by atoms with Gasteiger partial charge in [-0.3, -0.25) is 9.59 Å². The Morgan fingerprint density at radius 1 is 0.935 bits per heavy atom. The number of aliphatic hydroxyl groups excluding tert-OH is 6. The van der Waals surface area contributed by atoms with Crippen LogP contribution in [0.3, 0.4) is 0 Å². The molecular weight excluding hydrogens is 598 g/mol. The van der Waals surface area contributed by atoms with Crippen LogP contribution < -0.4 is 0 Å². The Labute approximate surface area is 272 Å². The second-order valence-electron chi connectivity index (χ2n) is 15.8. The van der Waals surface area contributed by atoms with Crippen LogP contribution in [0.25, 0.3) is 0 Å².